The van der Waals surface area contributed by atoms with Gasteiger partial charge in [-0.25, -0.2) is 4.79 Å². The predicted molar refractivity (Wildman–Crippen MR) is 124 cm³/mol. The fourth-order valence-corrected chi connectivity index (χ4v) is 3.87. The number of carbonyl (C=O) groups is 4. The van der Waals surface area contributed by atoms with Gasteiger partial charge < -0.3 is 15.4 Å². The molecule has 0 saturated carbocycles. The predicted octanol–water partition coefficient (Wildman–Crippen LogP) is 3.65. The standard InChI is InChI=1S/C23H27ClN2O5S/c1-4-14(2)21(26-22(29)16-5-7-17(24)8-6-16)23(30)31-13-19(28)20-10-9-18(32-20)11-12-25-15(3)27/h5-10,14,21H,4,11-13H2,1-3H3,(H,25,27)(H,26,29)/t14-,21-/m0/s1. The topological polar surface area (TPSA) is 102 Å². The van der Waals surface area contributed by atoms with E-state index >= 15 is 0 Å². The maximum atomic E-state index is 12.7. The molecule has 0 fully saturated rings. The van der Waals surface area contributed by atoms with E-state index in [4.69, 9.17) is 16.3 Å². The average Bonchev–Trinajstić information content (AvgIpc) is 3.24. The second-order valence-electron chi connectivity index (χ2n) is 7.37. The largest absolute Gasteiger partial charge is 0.456 e. The summed E-state index contributed by atoms with van der Waals surface area (Å²) < 4.78 is 5.25. The molecule has 1 aromatic heterocycles. The van der Waals surface area contributed by atoms with Gasteiger partial charge in [0.1, 0.15) is 6.04 Å². The number of thiophene rings is 1. The Morgan fingerprint density at radius 3 is 2.41 bits per heavy atom. The van der Waals surface area contributed by atoms with Crippen molar-refractivity contribution in [2.45, 2.75) is 39.7 Å². The van der Waals surface area contributed by atoms with E-state index < -0.39 is 24.5 Å². The van der Waals surface area contributed by atoms with Gasteiger partial charge in [-0.1, -0.05) is 31.9 Å². The number of hydrogen-bond donors (Lipinski definition) is 2. The molecule has 7 nitrogen and oxygen atoms in total. The molecule has 2 aromatic rings. The molecule has 0 aliphatic carbocycles. The van der Waals surface area contributed by atoms with Crippen LogP contribution >= 0.6 is 22.9 Å². The number of hydrogen-bond acceptors (Lipinski definition) is 6. The summed E-state index contributed by atoms with van der Waals surface area (Å²) in [6, 6.07) is 8.94. The Balaban J connectivity index is 1.94. The Morgan fingerprint density at radius 2 is 1.78 bits per heavy atom. The van der Waals surface area contributed by atoms with Gasteiger partial charge in [0.25, 0.3) is 5.91 Å². The van der Waals surface area contributed by atoms with Crippen LogP contribution in [0.1, 0.15) is 52.1 Å². The maximum Gasteiger partial charge on any atom is 0.329 e. The smallest absolute Gasteiger partial charge is 0.329 e. The normalized spacial score (nSPS) is 12.5. The minimum atomic E-state index is -0.882. The van der Waals surface area contributed by atoms with E-state index in [9.17, 15) is 19.2 Å². The van der Waals surface area contributed by atoms with Gasteiger partial charge >= 0.3 is 5.97 Å². The number of amides is 2. The molecule has 2 N–H and O–H groups in total. The number of carbonyl (C=O) groups excluding carboxylic acids is 4. The molecular weight excluding hydrogens is 452 g/mol. The highest BCUT2D eigenvalue weighted by Gasteiger charge is 2.28. The zero-order valence-electron chi connectivity index (χ0n) is 18.3. The summed E-state index contributed by atoms with van der Waals surface area (Å²) in [5, 5.41) is 5.91. The van der Waals surface area contributed by atoms with E-state index in [1.165, 1.54) is 18.3 Å². The van der Waals surface area contributed by atoms with Crippen molar-refractivity contribution in [3.8, 4) is 0 Å². The minimum Gasteiger partial charge on any atom is -0.456 e. The number of nitrogens with one attached hydrogen (secondary N) is 2. The third kappa shape index (κ3) is 7.76. The van der Waals surface area contributed by atoms with E-state index in [0.717, 1.165) is 4.88 Å². The molecule has 9 heteroatoms. The lowest BCUT2D eigenvalue weighted by atomic mass is 9.98. The summed E-state index contributed by atoms with van der Waals surface area (Å²) in [4.78, 5) is 50.0. The molecule has 0 aliphatic heterocycles. The van der Waals surface area contributed by atoms with Crippen molar-refractivity contribution in [1.82, 2.24) is 10.6 Å². The summed E-state index contributed by atoms with van der Waals surface area (Å²) in [6.45, 7) is 5.26. The molecule has 0 bridgehead atoms. The lowest BCUT2D eigenvalue weighted by Crippen LogP contribution is -2.46. The summed E-state index contributed by atoms with van der Waals surface area (Å²) in [7, 11) is 0. The summed E-state index contributed by atoms with van der Waals surface area (Å²) in [5.41, 5.74) is 0.372. The van der Waals surface area contributed by atoms with Gasteiger partial charge in [-0.3, -0.25) is 14.4 Å². The fraction of sp³-hybridized carbons (Fsp3) is 0.391. The quantitative estimate of drug-likeness (QED) is 0.379. The summed E-state index contributed by atoms with van der Waals surface area (Å²) in [6.07, 6.45) is 1.25. The Bertz CT molecular complexity index is 958. The monoisotopic (exact) mass is 478 g/mol. The molecule has 0 unspecified atom stereocenters. The number of halogens is 1. The average molecular weight is 479 g/mol. The van der Waals surface area contributed by atoms with Crippen molar-refractivity contribution in [3.05, 3.63) is 56.7 Å². The van der Waals surface area contributed by atoms with Crippen molar-refractivity contribution in [2.75, 3.05) is 13.2 Å². The number of ketones is 1. The van der Waals surface area contributed by atoms with Crippen LogP contribution in [0.25, 0.3) is 0 Å². The summed E-state index contributed by atoms with van der Waals surface area (Å²) >= 11 is 7.15. The number of ether oxygens (including phenoxy) is 1. The molecule has 1 aromatic carbocycles. The molecule has 2 amide bonds. The first-order valence-corrected chi connectivity index (χ1v) is 11.5. The molecule has 172 valence electrons. The van der Waals surface area contributed by atoms with Crippen LogP contribution in [-0.4, -0.2) is 42.8 Å². The van der Waals surface area contributed by atoms with Crippen LogP contribution in [0.5, 0.6) is 0 Å². The van der Waals surface area contributed by atoms with E-state index in [1.807, 2.05) is 19.9 Å². The second-order valence-corrected chi connectivity index (χ2v) is 8.98. The number of Topliss-reactive ketones (excluding diaryl/α,β-unsaturated/α-hetero) is 1. The van der Waals surface area contributed by atoms with Crippen molar-refractivity contribution >= 4 is 46.5 Å². The number of esters is 1. The lowest BCUT2D eigenvalue weighted by Gasteiger charge is -2.22. The van der Waals surface area contributed by atoms with Crippen molar-refractivity contribution in [3.63, 3.8) is 0 Å². The van der Waals surface area contributed by atoms with Crippen LogP contribution in [0.3, 0.4) is 0 Å². The highest BCUT2D eigenvalue weighted by atomic mass is 35.5. The van der Waals surface area contributed by atoms with Gasteiger partial charge in [0, 0.05) is 28.9 Å². The zero-order chi connectivity index (χ0) is 23.7. The Labute approximate surface area is 196 Å². The Hall–Kier alpha value is -2.71. The zero-order valence-corrected chi connectivity index (χ0v) is 19.8. The van der Waals surface area contributed by atoms with Crippen LogP contribution in [0.2, 0.25) is 5.02 Å². The highest BCUT2D eigenvalue weighted by molar-refractivity contribution is 7.14. The van der Waals surface area contributed by atoms with Crippen LogP contribution in [0.4, 0.5) is 0 Å². The van der Waals surface area contributed by atoms with Crippen LogP contribution in [-0.2, 0) is 20.7 Å². The number of benzene rings is 1. The first kappa shape index (κ1) is 25.5. The molecule has 0 radical (unpaired) electrons. The maximum absolute atomic E-state index is 12.7. The molecule has 0 spiro atoms. The van der Waals surface area contributed by atoms with Gasteiger partial charge in [-0.15, -0.1) is 11.3 Å². The molecule has 0 saturated heterocycles. The van der Waals surface area contributed by atoms with E-state index in [0.29, 0.717) is 34.8 Å². The van der Waals surface area contributed by atoms with Crippen molar-refractivity contribution in [2.24, 2.45) is 5.92 Å². The molecule has 2 atom stereocenters. The van der Waals surface area contributed by atoms with Gasteiger partial charge in [0.15, 0.2) is 6.61 Å². The first-order valence-electron chi connectivity index (χ1n) is 10.3. The second kappa shape index (κ2) is 12.4. The van der Waals surface area contributed by atoms with Gasteiger partial charge in [0.05, 0.1) is 4.88 Å². The molecular formula is C23H27ClN2O5S. The van der Waals surface area contributed by atoms with Crippen LogP contribution in [0, 0.1) is 5.92 Å². The third-order valence-electron chi connectivity index (χ3n) is 4.89. The van der Waals surface area contributed by atoms with Gasteiger partial charge in [-0.05, 0) is 48.7 Å². The Kier molecular flexibility index (Phi) is 9.87. The van der Waals surface area contributed by atoms with Crippen molar-refractivity contribution in [1.29, 1.82) is 0 Å². The molecule has 2 rings (SSSR count). The number of rotatable bonds is 11. The lowest BCUT2D eigenvalue weighted by molar-refractivity contribution is -0.146. The first-order chi connectivity index (χ1) is 15.2. The molecule has 0 aliphatic rings. The molecule has 32 heavy (non-hydrogen) atoms. The van der Waals surface area contributed by atoms with Gasteiger partial charge in [0.2, 0.25) is 11.7 Å². The molecule has 1 heterocycles. The van der Waals surface area contributed by atoms with E-state index in [1.54, 1.807) is 30.3 Å². The van der Waals surface area contributed by atoms with Crippen LogP contribution < -0.4 is 10.6 Å². The third-order valence-corrected chi connectivity index (χ3v) is 6.33. The SMILES string of the molecule is CC[C@H](C)[C@H](NC(=O)c1ccc(Cl)cc1)C(=O)OCC(=O)c1ccc(CCNC(C)=O)s1. The Morgan fingerprint density at radius 1 is 1.09 bits per heavy atom. The summed E-state index contributed by atoms with van der Waals surface area (Å²) in [5.74, 6) is -1.68. The highest BCUT2D eigenvalue weighted by Crippen LogP contribution is 2.18. The minimum absolute atomic E-state index is 0.108. The van der Waals surface area contributed by atoms with E-state index in [2.05, 4.69) is 10.6 Å². The van der Waals surface area contributed by atoms with Crippen LogP contribution in [0.15, 0.2) is 36.4 Å². The fourth-order valence-electron chi connectivity index (χ4n) is 2.82. The van der Waals surface area contributed by atoms with Crippen molar-refractivity contribution < 1.29 is 23.9 Å². The van der Waals surface area contributed by atoms with E-state index in [-0.39, 0.29) is 17.6 Å². The van der Waals surface area contributed by atoms with Gasteiger partial charge in [-0.2, -0.15) is 0 Å².